The van der Waals surface area contributed by atoms with E-state index in [-0.39, 0.29) is 12.2 Å². The van der Waals surface area contributed by atoms with Crippen LogP contribution < -0.4 is 0 Å². The molecule has 0 spiro atoms. The maximum Gasteiger partial charge on any atom is 0.0809 e. The van der Waals surface area contributed by atoms with E-state index in [1.54, 1.807) is 0 Å². The van der Waals surface area contributed by atoms with Crippen LogP contribution >= 0.6 is 0 Å². The van der Waals surface area contributed by atoms with Crippen molar-refractivity contribution in [3.63, 3.8) is 0 Å². The first-order valence-corrected chi connectivity index (χ1v) is 6.52. The summed E-state index contributed by atoms with van der Waals surface area (Å²) in [5, 5.41) is 9.61. The molecule has 1 aliphatic heterocycles. The molecule has 0 bridgehead atoms. The number of ether oxygens (including phenoxy) is 1. The van der Waals surface area contributed by atoms with E-state index < -0.39 is 0 Å². The third-order valence-corrected chi connectivity index (χ3v) is 3.52. The molecule has 0 aromatic heterocycles. The van der Waals surface area contributed by atoms with Gasteiger partial charge < -0.3 is 9.84 Å². The second-order valence-electron chi connectivity index (χ2n) is 4.86. The number of hydrogen-bond acceptors (Lipinski definition) is 2. The minimum atomic E-state index is -0.245. The summed E-state index contributed by atoms with van der Waals surface area (Å²) >= 11 is 0. The smallest absolute Gasteiger partial charge is 0.0809 e. The zero-order valence-corrected chi connectivity index (χ0v) is 10.4. The Morgan fingerprint density at radius 1 is 1.20 bits per heavy atom. The maximum atomic E-state index is 9.61. The largest absolute Gasteiger partial charge is 0.390 e. The average molecular weight is 214 g/mol. The Morgan fingerprint density at radius 2 is 1.80 bits per heavy atom. The van der Waals surface area contributed by atoms with Gasteiger partial charge in [0.25, 0.3) is 0 Å². The maximum absolute atomic E-state index is 9.61. The molecule has 1 N–H and O–H groups in total. The minimum Gasteiger partial charge on any atom is -0.390 e. The average Bonchev–Trinajstić information content (AvgIpc) is 2.22. The van der Waals surface area contributed by atoms with Gasteiger partial charge in [-0.25, -0.2) is 0 Å². The van der Waals surface area contributed by atoms with Crippen LogP contribution in [0.25, 0.3) is 0 Å². The summed E-state index contributed by atoms with van der Waals surface area (Å²) in [6.45, 7) is 6.47. The molecule has 3 atom stereocenters. The van der Waals surface area contributed by atoms with Gasteiger partial charge >= 0.3 is 0 Å². The summed E-state index contributed by atoms with van der Waals surface area (Å²) in [6, 6.07) is 0. The van der Waals surface area contributed by atoms with Crippen LogP contribution in [-0.2, 0) is 4.74 Å². The van der Waals surface area contributed by atoms with Crippen LogP contribution in [0.4, 0.5) is 0 Å². The molecule has 2 heteroatoms. The van der Waals surface area contributed by atoms with Crippen molar-refractivity contribution in [2.45, 2.75) is 77.6 Å². The Morgan fingerprint density at radius 3 is 2.27 bits per heavy atom. The van der Waals surface area contributed by atoms with E-state index in [9.17, 15) is 5.11 Å². The summed E-state index contributed by atoms with van der Waals surface area (Å²) in [7, 11) is 0. The Labute approximate surface area is 94.0 Å². The molecule has 3 unspecified atom stereocenters. The quantitative estimate of drug-likeness (QED) is 0.762. The molecule has 1 aliphatic rings. The van der Waals surface area contributed by atoms with Gasteiger partial charge in [0.05, 0.1) is 18.3 Å². The van der Waals surface area contributed by atoms with Crippen molar-refractivity contribution in [3.05, 3.63) is 0 Å². The van der Waals surface area contributed by atoms with Gasteiger partial charge in [-0.1, -0.05) is 26.7 Å². The Bertz CT molecular complexity index is 164. The molecule has 0 radical (unpaired) electrons. The number of aliphatic hydroxyl groups is 1. The molecule has 0 amide bonds. The monoisotopic (exact) mass is 214 g/mol. The lowest BCUT2D eigenvalue weighted by Crippen LogP contribution is -2.40. The Balaban J connectivity index is 2.45. The Kier molecular flexibility index (Phi) is 5.62. The third kappa shape index (κ3) is 3.76. The van der Waals surface area contributed by atoms with Crippen LogP contribution in [0.5, 0.6) is 0 Å². The molecule has 2 nitrogen and oxygen atoms in total. The third-order valence-electron chi connectivity index (χ3n) is 3.52. The summed E-state index contributed by atoms with van der Waals surface area (Å²) in [5.74, 6) is 0.704. The van der Waals surface area contributed by atoms with E-state index in [1.807, 2.05) is 6.92 Å². The topological polar surface area (TPSA) is 29.5 Å². The van der Waals surface area contributed by atoms with E-state index in [0.717, 1.165) is 12.8 Å². The second kappa shape index (κ2) is 6.49. The van der Waals surface area contributed by atoms with Gasteiger partial charge in [-0.15, -0.1) is 0 Å². The Hall–Kier alpha value is -0.0800. The lowest BCUT2D eigenvalue weighted by Gasteiger charge is -2.36. The van der Waals surface area contributed by atoms with Crippen LogP contribution in [-0.4, -0.2) is 23.4 Å². The molecule has 90 valence electrons. The van der Waals surface area contributed by atoms with Crippen LogP contribution in [0.2, 0.25) is 0 Å². The first kappa shape index (κ1) is 13.0. The molecule has 0 aromatic rings. The zero-order valence-electron chi connectivity index (χ0n) is 10.4. The zero-order chi connectivity index (χ0) is 11.3. The summed E-state index contributed by atoms with van der Waals surface area (Å²) in [4.78, 5) is 0. The fraction of sp³-hybridized carbons (Fsp3) is 1.00. The van der Waals surface area contributed by atoms with E-state index in [0.29, 0.717) is 12.0 Å². The van der Waals surface area contributed by atoms with Crippen molar-refractivity contribution in [1.29, 1.82) is 0 Å². The minimum absolute atomic E-state index is 0.0277. The van der Waals surface area contributed by atoms with Crippen LogP contribution in [0.15, 0.2) is 0 Å². The van der Waals surface area contributed by atoms with Gasteiger partial charge in [-0.2, -0.15) is 0 Å². The van der Waals surface area contributed by atoms with Gasteiger partial charge in [0.15, 0.2) is 0 Å². The van der Waals surface area contributed by atoms with Crippen molar-refractivity contribution in [2.24, 2.45) is 5.92 Å². The van der Waals surface area contributed by atoms with Crippen LogP contribution in [0.3, 0.4) is 0 Å². The van der Waals surface area contributed by atoms with Crippen molar-refractivity contribution in [2.75, 3.05) is 0 Å². The number of aliphatic hydroxyl groups excluding tert-OH is 1. The summed E-state index contributed by atoms with van der Waals surface area (Å²) < 4.78 is 5.92. The second-order valence-corrected chi connectivity index (χ2v) is 4.86. The van der Waals surface area contributed by atoms with Gasteiger partial charge in [0, 0.05) is 0 Å². The molecule has 0 aromatic carbocycles. The van der Waals surface area contributed by atoms with E-state index in [2.05, 4.69) is 13.8 Å². The normalized spacial score (nSPS) is 32.2. The summed E-state index contributed by atoms with van der Waals surface area (Å²) in [6.07, 6.45) is 7.13. The molecule has 1 heterocycles. The molecule has 0 saturated carbocycles. The molecule has 1 saturated heterocycles. The van der Waals surface area contributed by atoms with Crippen molar-refractivity contribution in [3.8, 4) is 0 Å². The number of hydrogen-bond donors (Lipinski definition) is 1. The van der Waals surface area contributed by atoms with Gasteiger partial charge in [0.1, 0.15) is 0 Å². The first-order valence-electron chi connectivity index (χ1n) is 6.52. The van der Waals surface area contributed by atoms with Crippen molar-refractivity contribution >= 4 is 0 Å². The highest BCUT2D eigenvalue weighted by Crippen LogP contribution is 2.29. The predicted molar refractivity (Wildman–Crippen MR) is 62.9 cm³/mol. The molecule has 15 heavy (non-hydrogen) atoms. The van der Waals surface area contributed by atoms with Gasteiger partial charge in [0.2, 0.25) is 0 Å². The number of rotatable bonds is 5. The van der Waals surface area contributed by atoms with Crippen LogP contribution in [0.1, 0.15) is 59.3 Å². The molecular weight excluding hydrogens is 188 g/mol. The van der Waals surface area contributed by atoms with E-state index in [1.165, 1.54) is 25.7 Å². The van der Waals surface area contributed by atoms with Crippen molar-refractivity contribution in [1.82, 2.24) is 0 Å². The SMILES string of the molecule is CCCC(CCC)C1CCC(O)C(C)O1. The highest BCUT2D eigenvalue weighted by molar-refractivity contribution is 4.80. The summed E-state index contributed by atoms with van der Waals surface area (Å²) in [5.41, 5.74) is 0. The highest BCUT2D eigenvalue weighted by atomic mass is 16.5. The lowest BCUT2D eigenvalue weighted by atomic mass is 9.87. The van der Waals surface area contributed by atoms with Crippen LogP contribution in [0, 0.1) is 5.92 Å². The molecule has 1 rings (SSSR count). The molecular formula is C13H26O2. The van der Waals surface area contributed by atoms with Gasteiger partial charge in [-0.3, -0.25) is 0 Å². The van der Waals surface area contributed by atoms with Gasteiger partial charge in [-0.05, 0) is 38.5 Å². The van der Waals surface area contributed by atoms with Crippen molar-refractivity contribution < 1.29 is 9.84 Å². The van der Waals surface area contributed by atoms with E-state index >= 15 is 0 Å². The fourth-order valence-corrected chi connectivity index (χ4v) is 2.61. The standard InChI is InChI=1S/C13H26O2/c1-4-6-11(7-5-2)13-9-8-12(14)10(3)15-13/h10-14H,4-9H2,1-3H3. The van der Waals surface area contributed by atoms with E-state index in [4.69, 9.17) is 4.74 Å². The first-order chi connectivity index (χ1) is 7.19. The fourth-order valence-electron chi connectivity index (χ4n) is 2.61. The highest BCUT2D eigenvalue weighted by Gasteiger charge is 2.30. The predicted octanol–water partition coefficient (Wildman–Crippen LogP) is 3.13. The lowest BCUT2D eigenvalue weighted by molar-refractivity contribution is -0.129. The molecule has 0 aliphatic carbocycles. The molecule has 1 fully saturated rings.